The number of benzene rings is 1. The van der Waals surface area contributed by atoms with Crippen molar-refractivity contribution in [3.05, 3.63) is 34.9 Å². The van der Waals surface area contributed by atoms with Gasteiger partial charge in [0.05, 0.1) is 0 Å². The molecule has 4 saturated carbocycles. The summed E-state index contributed by atoms with van der Waals surface area (Å²) in [6.45, 7) is 3.04. The van der Waals surface area contributed by atoms with E-state index in [1.807, 2.05) is 12.1 Å². The Balaban J connectivity index is 1.51. The van der Waals surface area contributed by atoms with Crippen LogP contribution in [0.3, 0.4) is 0 Å². The molecular weight excluding hydrogens is 356 g/mol. The molecule has 5 heteroatoms. The second kappa shape index (κ2) is 5.85. The Kier molecular flexibility index (Phi) is 3.71. The molecule has 1 aromatic carbocycles. The number of ether oxygens (including phenoxy) is 2. The summed E-state index contributed by atoms with van der Waals surface area (Å²) < 4.78 is 10.3. The molecule has 0 radical (unpaired) electrons. The number of phenols is 1. The Morgan fingerprint density at radius 2 is 1.50 bits per heavy atom. The number of cyclic esters (lactones) is 2. The van der Waals surface area contributed by atoms with Crippen molar-refractivity contribution >= 4 is 18.0 Å². The van der Waals surface area contributed by atoms with E-state index in [1.54, 1.807) is 6.07 Å². The average Bonchev–Trinajstić information content (AvgIpc) is 2.57. The lowest BCUT2D eigenvalue weighted by Crippen LogP contribution is -2.48. The largest absolute Gasteiger partial charge is 0.507 e. The van der Waals surface area contributed by atoms with Crippen molar-refractivity contribution in [2.45, 2.75) is 63.6 Å². The minimum absolute atomic E-state index is 0.0476. The maximum absolute atomic E-state index is 12.3. The first kappa shape index (κ1) is 17.8. The Labute approximate surface area is 164 Å². The number of phenolic OH excluding ortho intramolecular Hbond substituents is 1. The zero-order chi connectivity index (χ0) is 19.7. The van der Waals surface area contributed by atoms with Crippen molar-refractivity contribution in [3.63, 3.8) is 0 Å². The fourth-order valence-electron chi connectivity index (χ4n) is 6.40. The van der Waals surface area contributed by atoms with Crippen LogP contribution in [0, 0.1) is 17.8 Å². The topological polar surface area (TPSA) is 72.8 Å². The second-order valence-corrected chi connectivity index (χ2v) is 9.71. The van der Waals surface area contributed by atoms with Crippen molar-refractivity contribution in [1.82, 2.24) is 0 Å². The molecule has 0 spiro atoms. The van der Waals surface area contributed by atoms with E-state index in [1.165, 1.54) is 64.0 Å². The van der Waals surface area contributed by atoms with Crippen molar-refractivity contribution in [2.75, 3.05) is 0 Å². The normalized spacial score (nSPS) is 35.5. The van der Waals surface area contributed by atoms with Crippen molar-refractivity contribution in [2.24, 2.45) is 17.8 Å². The van der Waals surface area contributed by atoms with Gasteiger partial charge in [-0.2, -0.15) is 0 Å². The molecule has 6 rings (SSSR count). The minimum atomic E-state index is -1.27. The molecule has 0 amide bonds. The van der Waals surface area contributed by atoms with Crippen LogP contribution in [0.5, 0.6) is 5.75 Å². The van der Waals surface area contributed by atoms with Crippen LogP contribution in [0.15, 0.2) is 23.8 Å². The van der Waals surface area contributed by atoms with Gasteiger partial charge >= 0.3 is 11.9 Å². The predicted molar refractivity (Wildman–Crippen MR) is 102 cm³/mol. The highest BCUT2D eigenvalue weighted by atomic mass is 16.7. The van der Waals surface area contributed by atoms with Crippen LogP contribution in [0.25, 0.3) is 6.08 Å². The monoisotopic (exact) mass is 382 g/mol. The van der Waals surface area contributed by atoms with E-state index in [-0.39, 0.29) is 16.7 Å². The fraction of sp³-hybridized carbons (Fsp3) is 0.565. The van der Waals surface area contributed by atoms with Gasteiger partial charge < -0.3 is 14.6 Å². The van der Waals surface area contributed by atoms with Crippen LogP contribution in [-0.4, -0.2) is 22.8 Å². The Bertz CT molecular complexity index is 837. The summed E-state index contributed by atoms with van der Waals surface area (Å²) in [5.41, 5.74) is 1.67. The standard InChI is InChI=1S/C23H26O5/c1-22(2)27-20(25)18(21(26)28-22)9-16-8-17(3-4-19(16)24)23-10-13-5-14(11-23)7-15(6-13)12-23/h3-4,8-9,13-15,24H,5-7,10-12H2,1-2H3. The van der Waals surface area contributed by atoms with E-state index in [2.05, 4.69) is 0 Å². The number of esters is 2. The van der Waals surface area contributed by atoms with Crippen molar-refractivity contribution < 1.29 is 24.2 Å². The van der Waals surface area contributed by atoms with Gasteiger partial charge in [-0.3, -0.25) is 0 Å². The zero-order valence-corrected chi connectivity index (χ0v) is 16.4. The summed E-state index contributed by atoms with van der Waals surface area (Å²) in [7, 11) is 0. The lowest BCUT2D eigenvalue weighted by Gasteiger charge is -2.57. The van der Waals surface area contributed by atoms with Crippen molar-refractivity contribution in [3.8, 4) is 5.75 Å². The second-order valence-electron chi connectivity index (χ2n) is 9.71. The molecule has 1 saturated heterocycles. The van der Waals surface area contributed by atoms with Crippen LogP contribution in [0.2, 0.25) is 0 Å². The van der Waals surface area contributed by atoms with Crippen LogP contribution in [0.4, 0.5) is 0 Å². The van der Waals surface area contributed by atoms with Gasteiger partial charge in [0.2, 0.25) is 0 Å². The Morgan fingerprint density at radius 3 is 2.04 bits per heavy atom. The van der Waals surface area contributed by atoms with Gasteiger partial charge in [0, 0.05) is 19.4 Å². The molecule has 1 aliphatic heterocycles. The molecule has 0 unspecified atom stereocenters. The SMILES string of the molecule is CC1(C)OC(=O)C(=Cc2cc(C34CC5CC(CC(C5)C3)C4)ccc2O)C(=O)O1. The summed E-state index contributed by atoms with van der Waals surface area (Å²) in [6.07, 6.45) is 9.11. The first-order chi connectivity index (χ1) is 13.2. The summed E-state index contributed by atoms with van der Waals surface area (Å²) in [4.78, 5) is 24.5. The quantitative estimate of drug-likeness (QED) is 0.474. The molecule has 148 valence electrons. The number of carbonyl (C=O) groups excluding carboxylic acids is 2. The van der Waals surface area contributed by atoms with Gasteiger partial charge in [0.25, 0.3) is 5.79 Å². The summed E-state index contributed by atoms with van der Waals surface area (Å²) in [6, 6.07) is 5.66. The van der Waals surface area contributed by atoms with Gasteiger partial charge in [0.1, 0.15) is 11.3 Å². The highest BCUT2D eigenvalue weighted by molar-refractivity contribution is 6.19. The molecule has 1 N–H and O–H groups in total. The zero-order valence-electron chi connectivity index (χ0n) is 16.4. The van der Waals surface area contributed by atoms with Gasteiger partial charge in [-0.15, -0.1) is 0 Å². The Morgan fingerprint density at radius 1 is 0.964 bits per heavy atom. The first-order valence-electron chi connectivity index (χ1n) is 10.2. The molecule has 0 aromatic heterocycles. The van der Waals surface area contributed by atoms with Gasteiger partial charge in [-0.05, 0) is 85.5 Å². The Hall–Kier alpha value is -2.30. The molecule has 5 fully saturated rings. The third-order valence-electron chi connectivity index (χ3n) is 7.09. The molecule has 5 aliphatic rings. The van der Waals surface area contributed by atoms with E-state index in [9.17, 15) is 14.7 Å². The minimum Gasteiger partial charge on any atom is -0.507 e. The number of rotatable bonds is 2. The molecule has 0 atom stereocenters. The molecule has 1 aromatic rings. The van der Waals surface area contributed by atoms with Gasteiger partial charge in [-0.1, -0.05) is 6.07 Å². The van der Waals surface area contributed by atoms with Crippen LogP contribution in [0.1, 0.15) is 63.5 Å². The fourth-order valence-corrected chi connectivity index (χ4v) is 6.40. The van der Waals surface area contributed by atoms with E-state index in [0.717, 1.165) is 17.8 Å². The maximum Gasteiger partial charge on any atom is 0.348 e. The molecule has 4 aliphatic carbocycles. The average molecular weight is 382 g/mol. The van der Waals surface area contributed by atoms with E-state index >= 15 is 0 Å². The van der Waals surface area contributed by atoms with E-state index in [0.29, 0.717) is 5.56 Å². The van der Waals surface area contributed by atoms with Gasteiger partial charge in [-0.25, -0.2) is 9.59 Å². The summed E-state index contributed by atoms with van der Waals surface area (Å²) in [5.74, 6) is -0.227. The van der Waals surface area contributed by atoms with Crippen LogP contribution >= 0.6 is 0 Å². The lowest BCUT2D eigenvalue weighted by molar-refractivity contribution is -0.222. The number of hydrogen-bond acceptors (Lipinski definition) is 5. The number of aromatic hydroxyl groups is 1. The number of carbonyl (C=O) groups is 2. The predicted octanol–water partition coefficient (Wildman–Crippen LogP) is 4.08. The molecular formula is C23H26O5. The highest BCUT2D eigenvalue weighted by Gasteiger charge is 2.51. The van der Waals surface area contributed by atoms with E-state index < -0.39 is 17.7 Å². The maximum atomic E-state index is 12.3. The highest BCUT2D eigenvalue weighted by Crippen LogP contribution is 2.60. The molecule has 4 bridgehead atoms. The summed E-state index contributed by atoms with van der Waals surface area (Å²) >= 11 is 0. The number of hydrogen-bond donors (Lipinski definition) is 1. The smallest absolute Gasteiger partial charge is 0.348 e. The third kappa shape index (κ3) is 2.83. The third-order valence-corrected chi connectivity index (χ3v) is 7.09. The molecule has 5 nitrogen and oxygen atoms in total. The van der Waals surface area contributed by atoms with Gasteiger partial charge in [0.15, 0.2) is 0 Å². The first-order valence-corrected chi connectivity index (χ1v) is 10.2. The van der Waals surface area contributed by atoms with Crippen molar-refractivity contribution in [1.29, 1.82) is 0 Å². The van der Waals surface area contributed by atoms with Crippen LogP contribution < -0.4 is 0 Å². The summed E-state index contributed by atoms with van der Waals surface area (Å²) in [5, 5.41) is 10.4. The molecule has 28 heavy (non-hydrogen) atoms. The van der Waals surface area contributed by atoms with Crippen LogP contribution in [-0.2, 0) is 24.5 Å². The molecule has 1 heterocycles. The van der Waals surface area contributed by atoms with E-state index in [4.69, 9.17) is 9.47 Å². The lowest BCUT2D eigenvalue weighted by atomic mass is 9.48.